The molecule has 29 heavy (non-hydrogen) atoms. The third-order valence-electron chi connectivity index (χ3n) is 4.62. The van der Waals surface area contributed by atoms with Crippen LogP contribution in [0.5, 0.6) is 0 Å². The molecule has 2 aromatic heterocycles. The van der Waals surface area contributed by atoms with Gasteiger partial charge in [0.1, 0.15) is 0 Å². The molecule has 0 saturated carbocycles. The lowest BCUT2D eigenvalue weighted by atomic mass is 10.3. The summed E-state index contributed by atoms with van der Waals surface area (Å²) in [4.78, 5) is 14.8. The van der Waals surface area contributed by atoms with Crippen LogP contribution >= 0.6 is 23.4 Å². The number of aromatic nitrogens is 4. The molecule has 0 bridgehead atoms. The maximum atomic E-state index is 12.6. The first-order valence-electron chi connectivity index (χ1n) is 9.39. The molecule has 1 unspecified atom stereocenters. The van der Waals surface area contributed by atoms with E-state index in [9.17, 15) is 4.79 Å². The Morgan fingerprint density at radius 1 is 1.28 bits per heavy atom. The first-order chi connectivity index (χ1) is 14.0. The van der Waals surface area contributed by atoms with Gasteiger partial charge in [-0.3, -0.25) is 14.7 Å². The molecule has 1 fully saturated rings. The second-order valence-corrected chi connectivity index (χ2v) is 8.56. The molecule has 152 valence electrons. The van der Waals surface area contributed by atoms with E-state index in [1.165, 1.54) is 11.8 Å². The zero-order valence-corrected chi connectivity index (χ0v) is 17.7. The highest BCUT2D eigenvalue weighted by Gasteiger charge is 2.26. The first-order valence-corrected chi connectivity index (χ1v) is 10.6. The van der Waals surface area contributed by atoms with Gasteiger partial charge < -0.3 is 9.42 Å². The molecular formula is C19H21ClN6O2S. The second kappa shape index (κ2) is 8.46. The van der Waals surface area contributed by atoms with Gasteiger partial charge in [0, 0.05) is 19.2 Å². The first kappa shape index (κ1) is 19.8. The quantitative estimate of drug-likeness (QED) is 0.590. The molecule has 1 amide bonds. The predicted octanol–water partition coefficient (Wildman–Crippen LogP) is 3.94. The van der Waals surface area contributed by atoms with E-state index in [-0.39, 0.29) is 5.91 Å². The molecule has 0 aliphatic carbocycles. The number of para-hydroxylation sites is 1. The molecule has 1 saturated heterocycles. The number of aryl methyl sites for hydroxylation is 1. The number of carbonyl (C=O) groups excluding carboxylic acids is 1. The van der Waals surface area contributed by atoms with Crippen LogP contribution in [-0.2, 0) is 4.79 Å². The van der Waals surface area contributed by atoms with Crippen molar-refractivity contribution in [2.75, 3.05) is 23.3 Å². The fourth-order valence-corrected chi connectivity index (χ4v) is 4.24. The molecule has 0 radical (unpaired) electrons. The van der Waals surface area contributed by atoms with Gasteiger partial charge in [0.15, 0.2) is 5.16 Å². The zero-order valence-electron chi connectivity index (χ0n) is 16.1. The fourth-order valence-electron chi connectivity index (χ4n) is 3.16. The number of amides is 1. The molecule has 10 heteroatoms. The Bertz CT molecular complexity index is 1010. The summed E-state index contributed by atoms with van der Waals surface area (Å²) in [6.45, 7) is 5.45. The van der Waals surface area contributed by atoms with Crippen LogP contribution in [0.15, 0.2) is 40.0 Å². The molecule has 3 aromatic rings. The summed E-state index contributed by atoms with van der Waals surface area (Å²) in [5.41, 5.74) is 1.50. The average Bonchev–Trinajstić information content (AvgIpc) is 3.43. The van der Waals surface area contributed by atoms with Crippen LogP contribution in [0.25, 0.3) is 5.69 Å². The van der Waals surface area contributed by atoms with Crippen molar-refractivity contribution in [1.29, 1.82) is 0 Å². The van der Waals surface area contributed by atoms with Crippen LogP contribution in [-0.4, -0.2) is 44.2 Å². The highest BCUT2D eigenvalue weighted by Crippen LogP contribution is 2.33. The number of rotatable bonds is 6. The van der Waals surface area contributed by atoms with Crippen LogP contribution in [0.1, 0.15) is 25.5 Å². The fraction of sp³-hybridized carbons (Fsp3) is 0.368. The highest BCUT2D eigenvalue weighted by molar-refractivity contribution is 8.00. The lowest BCUT2D eigenvalue weighted by molar-refractivity contribution is -0.115. The predicted molar refractivity (Wildman–Crippen MR) is 113 cm³/mol. The topological polar surface area (TPSA) is 89.1 Å². The van der Waals surface area contributed by atoms with Gasteiger partial charge in [-0.05, 0) is 38.8 Å². The van der Waals surface area contributed by atoms with Crippen molar-refractivity contribution < 1.29 is 9.32 Å². The summed E-state index contributed by atoms with van der Waals surface area (Å²) in [5, 5.41) is 16.1. The Morgan fingerprint density at radius 3 is 2.72 bits per heavy atom. The summed E-state index contributed by atoms with van der Waals surface area (Å²) < 4.78 is 7.00. The van der Waals surface area contributed by atoms with Crippen molar-refractivity contribution in [3.05, 3.63) is 41.0 Å². The van der Waals surface area contributed by atoms with Crippen LogP contribution < -0.4 is 10.2 Å². The number of thioether (sulfide) groups is 1. The third kappa shape index (κ3) is 4.25. The van der Waals surface area contributed by atoms with E-state index >= 15 is 0 Å². The molecule has 3 heterocycles. The Morgan fingerprint density at radius 2 is 2.03 bits per heavy atom. The number of nitrogens with one attached hydrogen (secondary N) is 1. The van der Waals surface area contributed by atoms with Gasteiger partial charge in [0.2, 0.25) is 17.7 Å². The molecular weight excluding hydrogens is 412 g/mol. The lowest BCUT2D eigenvalue weighted by Crippen LogP contribution is -2.24. The van der Waals surface area contributed by atoms with Gasteiger partial charge in [-0.25, -0.2) is 0 Å². The van der Waals surface area contributed by atoms with Gasteiger partial charge in [-0.1, -0.05) is 40.7 Å². The molecule has 1 aliphatic heterocycles. The molecule has 1 N–H and O–H groups in total. The third-order valence-corrected chi connectivity index (χ3v) is 5.99. The van der Waals surface area contributed by atoms with E-state index < -0.39 is 5.25 Å². The number of anilines is 2. The summed E-state index contributed by atoms with van der Waals surface area (Å²) in [6.07, 6.45) is 2.24. The van der Waals surface area contributed by atoms with E-state index in [4.69, 9.17) is 16.1 Å². The molecule has 1 aliphatic rings. The van der Waals surface area contributed by atoms with Crippen molar-refractivity contribution in [2.24, 2.45) is 0 Å². The maximum Gasteiger partial charge on any atom is 0.240 e. The number of hydrogen-bond acceptors (Lipinski definition) is 7. The van der Waals surface area contributed by atoms with Gasteiger partial charge >= 0.3 is 0 Å². The minimum atomic E-state index is -0.433. The summed E-state index contributed by atoms with van der Waals surface area (Å²) in [7, 11) is 0. The second-order valence-electron chi connectivity index (χ2n) is 6.85. The number of halogens is 1. The van der Waals surface area contributed by atoms with E-state index in [0.717, 1.165) is 37.6 Å². The van der Waals surface area contributed by atoms with E-state index in [0.29, 0.717) is 21.8 Å². The van der Waals surface area contributed by atoms with Crippen molar-refractivity contribution in [3.8, 4) is 5.69 Å². The lowest BCUT2D eigenvalue weighted by Gasteiger charge is -2.19. The number of nitrogens with zero attached hydrogens (tertiary/aromatic N) is 5. The minimum absolute atomic E-state index is 0.206. The van der Waals surface area contributed by atoms with Crippen molar-refractivity contribution in [2.45, 2.75) is 37.1 Å². The Kier molecular flexibility index (Phi) is 5.77. The Balaban J connectivity index is 1.61. The normalized spacial score (nSPS) is 14.9. The molecule has 8 nitrogen and oxygen atoms in total. The SMILES string of the molecule is Cc1cc(NC(=O)C(C)Sc2nnc(N3CCCC3)n2-c2ccccc2Cl)on1. The van der Waals surface area contributed by atoms with Crippen LogP contribution in [0.2, 0.25) is 5.02 Å². The maximum absolute atomic E-state index is 12.6. The largest absolute Gasteiger partial charge is 0.341 e. The number of hydrogen-bond donors (Lipinski definition) is 1. The van der Waals surface area contributed by atoms with Gasteiger partial charge in [-0.2, -0.15) is 0 Å². The number of benzene rings is 1. The summed E-state index contributed by atoms with van der Waals surface area (Å²) in [6, 6.07) is 9.24. The summed E-state index contributed by atoms with van der Waals surface area (Å²) in [5.74, 6) is 0.865. The van der Waals surface area contributed by atoms with Crippen LogP contribution in [0.4, 0.5) is 11.8 Å². The monoisotopic (exact) mass is 432 g/mol. The van der Waals surface area contributed by atoms with Crippen molar-refractivity contribution in [3.63, 3.8) is 0 Å². The Labute approximate surface area is 177 Å². The highest BCUT2D eigenvalue weighted by atomic mass is 35.5. The van der Waals surface area contributed by atoms with Crippen molar-refractivity contribution >= 4 is 41.1 Å². The van der Waals surface area contributed by atoms with E-state index in [1.807, 2.05) is 35.8 Å². The Hall–Kier alpha value is -2.52. The van der Waals surface area contributed by atoms with Gasteiger partial charge in [-0.15, -0.1) is 10.2 Å². The van der Waals surface area contributed by atoms with Gasteiger partial charge in [0.05, 0.1) is 21.7 Å². The minimum Gasteiger partial charge on any atom is -0.341 e. The molecule has 1 atom stereocenters. The molecule has 4 rings (SSSR count). The summed E-state index contributed by atoms with van der Waals surface area (Å²) >= 11 is 7.79. The number of carbonyl (C=O) groups is 1. The van der Waals surface area contributed by atoms with Gasteiger partial charge in [0.25, 0.3) is 0 Å². The molecule has 1 aromatic carbocycles. The molecule has 0 spiro atoms. The smallest absolute Gasteiger partial charge is 0.240 e. The van der Waals surface area contributed by atoms with Crippen LogP contribution in [0, 0.1) is 6.92 Å². The van der Waals surface area contributed by atoms with E-state index in [1.54, 1.807) is 13.0 Å². The average molecular weight is 433 g/mol. The van der Waals surface area contributed by atoms with Crippen molar-refractivity contribution in [1.82, 2.24) is 19.9 Å². The zero-order chi connectivity index (χ0) is 20.4. The van der Waals surface area contributed by atoms with Crippen LogP contribution in [0.3, 0.4) is 0 Å². The standard InChI is InChI=1S/C19H21ClN6O2S/c1-12-11-16(28-24-12)21-17(27)13(2)29-19-23-22-18(25-9-5-6-10-25)26(19)15-8-4-3-7-14(15)20/h3-4,7-8,11,13H,5-6,9-10H2,1-2H3,(H,21,27). The van der Waals surface area contributed by atoms with E-state index in [2.05, 4.69) is 25.6 Å².